The summed E-state index contributed by atoms with van der Waals surface area (Å²) < 4.78 is 1.90. The van der Waals surface area contributed by atoms with Crippen molar-refractivity contribution in [2.45, 2.75) is 32.2 Å². The van der Waals surface area contributed by atoms with Crippen molar-refractivity contribution in [2.24, 2.45) is 0 Å². The van der Waals surface area contributed by atoms with Crippen LogP contribution in [0, 0.1) is 0 Å². The summed E-state index contributed by atoms with van der Waals surface area (Å²) in [5.74, 6) is 0.522. The Hall–Kier alpha value is -1.75. The minimum Gasteiger partial charge on any atom is -0.306 e. The summed E-state index contributed by atoms with van der Waals surface area (Å²) in [4.78, 5) is 11.6. The number of hydrogen-bond acceptors (Lipinski definition) is 4. The van der Waals surface area contributed by atoms with Crippen LogP contribution in [0.5, 0.6) is 0 Å². The summed E-state index contributed by atoms with van der Waals surface area (Å²) in [7, 11) is 2.17. The van der Waals surface area contributed by atoms with Gasteiger partial charge in [-0.25, -0.2) is 0 Å². The molecule has 0 spiro atoms. The second-order valence-electron chi connectivity index (χ2n) is 5.51. The van der Waals surface area contributed by atoms with Crippen molar-refractivity contribution in [1.29, 1.82) is 0 Å². The van der Waals surface area contributed by atoms with Crippen LogP contribution in [0.2, 0.25) is 0 Å². The van der Waals surface area contributed by atoms with Crippen LogP contribution in [-0.2, 0) is 6.54 Å². The molecule has 1 aliphatic heterocycles. The third-order valence-electron chi connectivity index (χ3n) is 3.97. The second kappa shape index (κ2) is 5.71. The smallest absolute Gasteiger partial charge is 0.0916 e. The fourth-order valence-electron chi connectivity index (χ4n) is 2.77. The van der Waals surface area contributed by atoms with Gasteiger partial charge in [0.05, 0.1) is 23.8 Å². The van der Waals surface area contributed by atoms with Gasteiger partial charge in [-0.2, -0.15) is 5.10 Å². The van der Waals surface area contributed by atoms with Crippen molar-refractivity contribution < 1.29 is 0 Å². The number of aromatic nitrogens is 4. The first-order valence-corrected chi connectivity index (χ1v) is 7.29. The maximum Gasteiger partial charge on any atom is 0.0916 e. The zero-order valence-corrected chi connectivity index (χ0v) is 12.2. The van der Waals surface area contributed by atoms with Crippen molar-refractivity contribution in [3.05, 3.63) is 30.5 Å². The lowest BCUT2D eigenvalue weighted by Gasteiger charge is -2.29. The number of nitrogens with zero attached hydrogens (tertiary/aromatic N) is 5. The van der Waals surface area contributed by atoms with Crippen LogP contribution in [0.15, 0.2) is 24.8 Å². The van der Waals surface area contributed by atoms with Gasteiger partial charge in [-0.3, -0.25) is 14.6 Å². The Morgan fingerprint density at radius 2 is 2.15 bits per heavy atom. The van der Waals surface area contributed by atoms with Gasteiger partial charge in [0.2, 0.25) is 0 Å². The van der Waals surface area contributed by atoms with E-state index >= 15 is 0 Å². The lowest BCUT2D eigenvalue weighted by Crippen LogP contribution is -2.31. The van der Waals surface area contributed by atoms with E-state index in [-0.39, 0.29) is 0 Å². The van der Waals surface area contributed by atoms with Gasteiger partial charge < -0.3 is 4.90 Å². The average Bonchev–Trinajstić information content (AvgIpc) is 2.96. The van der Waals surface area contributed by atoms with Gasteiger partial charge in [-0.15, -0.1) is 0 Å². The first-order valence-electron chi connectivity index (χ1n) is 7.29. The molecular weight excluding hydrogens is 250 g/mol. The van der Waals surface area contributed by atoms with E-state index in [2.05, 4.69) is 33.9 Å². The zero-order valence-electron chi connectivity index (χ0n) is 12.2. The topological polar surface area (TPSA) is 46.8 Å². The van der Waals surface area contributed by atoms with Crippen LogP contribution >= 0.6 is 0 Å². The van der Waals surface area contributed by atoms with E-state index in [0.29, 0.717) is 5.92 Å². The predicted octanol–water partition coefficient (Wildman–Crippen LogP) is 2.17. The van der Waals surface area contributed by atoms with E-state index in [4.69, 9.17) is 0 Å². The van der Waals surface area contributed by atoms with Gasteiger partial charge in [-0.05, 0) is 33.4 Å². The van der Waals surface area contributed by atoms with E-state index in [9.17, 15) is 0 Å². The number of aryl methyl sites for hydroxylation is 1. The molecule has 2 aromatic rings. The van der Waals surface area contributed by atoms with Crippen molar-refractivity contribution in [3.63, 3.8) is 0 Å². The molecule has 1 fully saturated rings. The zero-order chi connectivity index (χ0) is 13.9. The molecule has 1 aliphatic rings. The molecular formula is C15H21N5. The highest BCUT2D eigenvalue weighted by molar-refractivity contribution is 5.55. The number of likely N-dealkylation sites (N-methyl/N-ethyl adjacent to an activating group) is 1. The molecule has 0 aromatic carbocycles. The highest BCUT2D eigenvalue weighted by atomic mass is 15.3. The van der Waals surface area contributed by atoms with E-state index < -0.39 is 0 Å². The number of likely N-dealkylation sites (tertiary alicyclic amines) is 1. The lowest BCUT2D eigenvalue weighted by atomic mass is 9.95. The average molecular weight is 271 g/mol. The van der Waals surface area contributed by atoms with E-state index in [1.165, 1.54) is 19.4 Å². The Bertz CT molecular complexity index is 560. The number of hydrogen-bond donors (Lipinski definition) is 0. The standard InChI is InChI=1S/C15H21N5/c1-3-20-11-13(7-18-20)15-9-16-14(8-17-15)12-5-4-6-19(2)10-12/h7-9,11-12H,3-6,10H2,1-2H3. The van der Waals surface area contributed by atoms with Gasteiger partial charge in [0.1, 0.15) is 0 Å². The molecule has 0 aliphatic carbocycles. The maximum atomic E-state index is 4.62. The summed E-state index contributed by atoms with van der Waals surface area (Å²) >= 11 is 0. The lowest BCUT2D eigenvalue weighted by molar-refractivity contribution is 0.248. The third kappa shape index (κ3) is 2.72. The van der Waals surface area contributed by atoms with Gasteiger partial charge in [-0.1, -0.05) is 0 Å². The molecule has 3 heterocycles. The van der Waals surface area contributed by atoms with Crippen molar-refractivity contribution in [3.8, 4) is 11.3 Å². The normalized spacial score (nSPS) is 20.2. The van der Waals surface area contributed by atoms with Crippen LogP contribution < -0.4 is 0 Å². The van der Waals surface area contributed by atoms with Gasteiger partial charge in [0.25, 0.3) is 0 Å². The van der Waals surface area contributed by atoms with Crippen molar-refractivity contribution >= 4 is 0 Å². The Morgan fingerprint density at radius 1 is 1.25 bits per heavy atom. The molecule has 5 heteroatoms. The molecule has 20 heavy (non-hydrogen) atoms. The Balaban J connectivity index is 1.77. The van der Waals surface area contributed by atoms with Crippen LogP contribution in [0.25, 0.3) is 11.3 Å². The quantitative estimate of drug-likeness (QED) is 0.858. The van der Waals surface area contributed by atoms with Crippen LogP contribution in [-0.4, -0.2) is 44.8 Å². The molecule has 1 atom stereocenters. The molecule has 1 unspecified atom stereocenters. The second-order valence-corrected chi connectivity index (χ2v) is 5.51. The molecule has 5 nitrogen and oxygen atoms in total. The minimum absolute atomic E-state index is 0.522. The molecule has 0 bridgehead atoms. The fourth-order valence-corrected chi connectivity index (χ4v) is 2.77. The molecule has 0 saturated carbocycles. The summed E-state index contributed by atoms with van der Waals surface area (Å²) in [5, 5.41) is 4.28. The largest absolute Gasteiger partial charge is 0.306 e. The highest BCUT2D eigenvalue weighted by Gasteiger charge is 2.20. The predicted molar refractivity (Wildman–Crippen MR) is 78.4 cm³/mol. The van der Waals surface area contributed by atoms with Crippen molar-refractivity contribution in [1.82, 2.24) is 24.6 Å². The first-order chi connectivity index (χ1) is 9.76. The number of piperidine rings is 1. The maximum absolute atomic E-state index is 4.62. The van der Waals surface area contributed by atoms with Crippen LogP contribution in [0.3, 0.4) is 0 Å². The van der Waals surface area contributed by atoms with Gasteiger partial charge in [0.15, 0.2) is 0 Å². The van der Waals surface area contributed by atoms with E-state index in [1.807, 2.05) is 29.5 Å². The highest BCUT2D eigenvalue weighted by Crippen LogP contribution is 2.25. The number of rotatable bonds is 3. The summed E-state index contributed by atoms with van der Waals surface area (Å²) in [6.07, 6.45) is 10.1. The molecule has 1 saturated heterocycles. The Kier molecular flexibility index (Phi) is 3.78. The molecule has 0 amide bonds. The Labute approximate surface area is 119 Å². The van der Waals surface area contributed by atoms with Crippen LogP contribution in [0.1, 0.15) is 31.4 Å². The molecule has 2 aromatic heterocycles. The SMILES string of the molecule is CCn1cc(-c2cnc(C3CCCN(C)C3)cn2)cn1. The monoisotopic (exact) mass is 271 g/mol. The summed E-state index contributed by atoms with van der Waals surface area (Å²) in [5.41, 5.74) is 3.05. The molecule has 3 rings (SSSR count). The van der Waals surface area contributed by atoms with E-state index in [1.54, 1.807) is 0 Å². The third-order valence-corrected chi connectivity index (χ3v) is 3.97. The fraction of sp³-hybridized carbons (Fsp3) is 0.533. The summed E-state index contributed by atoms with van der Waals surface area (Å²) in [6, 6.07) is 0. The minimum atomic E-state index is 0.522. The first kappa shape index (κ1) is 13.2. The molecule has 0 radical (unpaired) electrons. The Morgan fingerprint density at radius 3 is 2.80 bits per heavy atom. The summed E-state index contributed by atoms with van der Waals surface area (Å²) in [6.45, 7) is 5.23. The molecule has 0 N–H and O–H groups in total. The van der Waals surface area contributed by atoms with Crippen molar-refractivity contribution in [2.75, 3.05) is 20.1 Å². The van der Waals surface area contributed by atoms with Gasteiger partial charge in [0, 0.05) is 37.0 Å². The van der Waals surface area contributed by atoms with E-state index in [0.717, 1.165) is 30.0 Å². The molecule has 106 valence electrons. The van der Waals surface area contributed by atoms with Crippen LogP contribution in [0.4, 0.5) is 0 Å². The van der Waals surface area contributed by atoms with Gasteiger partial charge >= 0.3 is 0 Å².